The van der Waals surface area contributed by atoms with Crippen molar-refractivity contribution >= 4 is 5.91 Å². The first-order valence-corrected chi connectivity index (χ1v) is 10.4. The third kappa shape index (κ3) is 5.77. The van der Waals surface area contributed by atoms with E-state index < -0.39 is 0 Å². The number of aryl methyl sites for hydroxylation is 1. The maximum Gasteiger partial charge on any atom is 0.224 e. The molecule has 1 N–H and O–H groups in total. The van der Waals surface area contributed by atoms with E-state index in [0.29, 0.717) is 19.2 Å². The molecular formula is C22H35N3O2. The summed E-state index contributed by atoms with van der Waals surface area (Å²) in [5, 5.41) is 3.02. The van der Waals surface area contributed by atoms with Gasteiger partial charge in [0.2, 0.25) is 5.91 Å². The number of rotatable bonds is 7. The Labute approximate surface area is 164 Å². The lowest BCUT2D eigenvalue weighted by Gasteiger charge is -2.42. The van der Waals surface area contributed by atoms with E-state index in [4.69, 9.17) is 4.74 Å². The highest BCUT2D eigenvalue weighted by Gasteiger charge is 2.31. The fourth-order valence-electron chi connectivity index (χ4n) is 4.44. The van der Waals surface area contributed by atoms with Crippen LogP contribution in [0.5, 0.6) is 0 Å². The molecule has 2 saturated heterocycles. The van der Waals surface area contributed by atoms with E-state index >= 15 is 0 Å². The maximum absolute atomic E-state index is 12.4. The summed E-state index contributed by atoms with van der Waals surface area (Å²) in [7, 11) is 1.67. The van der Waals surface area contributed by atoms with Gasteiger partial charge in [-0.2, -0.15) is 0 Å². The third-order valence-corrected chi connectivity index (χ3v) is 6.16. The molecule has 3 rings (SSSR count). The number of nitrogens with one attached hydrogen (secondary N) is 1. The Morgan fingerprint density at radius 2 is 1.96 bits per heavy atom. The molecule has 0 spiro atoms. The zero-order valence-corrected chi connectivity index (χ0v) is 17.0. The minimum absolute atomic E-state index is 0.139. The number of likely N-dealkylation sites (tertiary alicyclic amines) is 2. The SMILES string of the molecule is COCCNC(=O)C1CCCN(C2CCN(Cc3ccccc3C)CC2)C1. The molecule has 5 heteroatoms. The van der Waals surface area contributed by atoms with Crippen LogP contribution < -0.4 is 5.32 Å². The van der Waals surface area contributed by atoms with Crippen molar-refractivity contribution in [3.8, 4) is 0 Å². The number of piperidine rings is 2. The van der Waals surface area contributed by atoms with Crippen molar-refractivity contribution in [1.29, 1.82) is 0 Å². The predicted octanol–water partition coefficient (Wildman–Crippen LogP) is 2.43. The molecule has 2 aliphatic heterocycles. The number of hydrogen-bond donors (Lipinski definition) is 1. The monoisotopic (exact) mass is 373 g/mol. The number of benzene rings is 1. The zero-order valence-electron chi connectivity index (χ0n) is 17.0. The van der Waals surface area contributed by atoms with E-state index in [0.717, 1.165) is 45.6 Å². The van der Waals surface area contributed by atoms with E-state index in [9.17, 15) is 4.79 Å². The first-order valence-electron chi connectivity index (χ1n) is 10.4. The molecule has 5 nitrogen and oxygen atoms in total. The molecule has 0 saturated carbocycles. The van der Waals surface area contributed by atoms with Gasteiger partial charge in [-0.25, -0.2) is 0 Å². The number of hydrogen-bond acceptors (Lipinski definition) is 4. The molecule has 1 unspecified atom stereocenters. The highest BCUT2D eigenvalue weighted by Crippen LogP contribution is 2.25. The van der Waals surface area contributed by atoms with Gasteiger partial charge < -0.3 is 10.1 Å². The molecule has 150 valence electrons. The highest BCUT2D eigenvalue weighted by atomic mass is 16.5. The Kier molecular flexibility index (Phi) is 7.68. The normalized spacial score (nSPS) is 22.7. The number of carbonyl (C=O) groups is 1. The van der Waals surface area contributed by atoms with Crippen LogP contribution in [0, 0.1) is 12.8 Å². The first kappa shape index (κ1) is 20.3. The van der Waals surface area contributed by atoms with Crippen molar-refractivity contribution in [3.63, 3.8) is 0 Å². The summed E-state index contributed by atoms with van der Waals surface area (Å²) in [5.74, 6) is 0.342. The van der Waals surface area contributed by atoms with Crippen LogP contribution in [-0.4, -0.2) is 68.2 Å². The lowest BCUT2D eigenvalue weighted by Crippen LogP contribution is -2.50. The topological polar surface area (TPSA) is 44.8 Å². The van der Waals surface area contributed by atoms with E-state index in [-0.39, 0.29) is 11.8 Å². The van der Waals surface area contributed by atoms with E-state index in [2.05, 4.69) is 46.3 Å². The maximum atomic E-state index is 12.4. The van der Waals surface area contributed by atoms with Crippen LogP contribution >= 0.6 is 0 Å². The number of carbonyl (C=O) groups excluding carboxylic acids is 1. The predicted molar refractivity (Wildman–Crippen MR) is 109 cm³/mol. The van der Waals surface area contributed by atoms with Crippen molar-refractivity contribution < 1.29 is 9.53 Å². The number of amides is 1. The molecule has 0 radical (unpaired) electrons. The largest absolute Gasteiger partial charge is 0.383 e. The van der Waals surface area contributed by atoms with Crippen LogP contribution in [0.25, 0.3) is 0 Å². The number of methoxy groups -OCH3 is 1. The van der Waals surface area contributed by atoms with Crippen molar-refractivity contribution in [3.05, 3.63) is 35.4 Å². The summed E-state index contributed by atoms with van der Waals surface area (Å²) in [4.78, 5) is 17.5. The van der Waals surface area contributed by atoms with Gasteiger partial charge in [-0.3, -0.25) is 14.6 Å². The smallest absolute Gasteiger partial charge is 0.224 e. The second kappa shape index (κ2) is 10.2. The molecule has 1 amide bonds. The lowest BCUT2D eigenvalue weighted by atomic mass is 9.93. The molecule has 2 aliphatic rings. The Hall–Kier alpha value is -1.43. The molecule has 2 heterocycles. The van der Waals surface area contributed by atoms with Gasteiger partial charge in [-0.15, -0.1) is 0 Å². The molecular weight excluding hydrogens is 338 g/mol. The Morgan fingerprint density at radius 3 is 2.70 bits per heavy atom. The van der Waals surface area contributed by atoms with E-state index in [1.54, 1.807) is 7.11 Å². The van der Waals surface area contributed by atoms with Crippen LogP contribution in [0.15, 0.2) is 24.3 Å². The quantitative estimate of drug-likeness (QED) is 0.746. The minimum Gasteiger partial charge on any atom is -0.383 e. The summed E-state index contributed by atoms with van der Waals surface area (Å²) >= 11 is 0. The van der Waals surface area contributed by atoms with Crippen LogP contribution in [0.4, 0.5) is 0 Å². The summed E-state index contributed by atoms with van der Waals surface area (Å²) < 4.78 is 5.03. The van der Waals surface area contributed by atoms with Gasteiger partial charge in [0.1, 0.15) is 0 Å². The Morgan fingerprint density at radius 1 is 1.19 bits per heavy atom. The lowest BCUT2D eigenvalue weighted by molar-refractivity contribution is -0.127. The fourth-order valence-corrected chi connectivity index (χ4v) is 4.44. The van der Waals surface area contributed by atoms with Gasteiger partial charge in [0.25, 0.3) is 0 Å². The zero-order chi connectivity index (χ0) is 19.1. The van der Waals surface area contributed by atoms with E-state index in [1.807, 2.05) is 0 Å². The van der Waals surface area contributed by atoms with Gasteiger partial charge in [0, 0.05) is 32.8 Å². The summed E-state index contributed by atoms with van der Waals surface area (Å²) in [5.41, 5.74) is 2.83. The molecule has 27 heavy (non-hydrogen) atoms. The summed E-state index contributed by atoms with van der Waals surface area (Å²) in [6.07, 6.45) is 4.57. The number of ether oxygens (including phenoxy) is 1. The average molecular weight is 374 g/mol. The molecule has 0 aliphatic carbocycles. The first-order chi connectivity index (χ1) is 13.2. The number of nitrogens with zero attached hydrogens (tertiary/aromatic N) is 2. The second-order valence-electron chi connectivity index (χ2n) is 8.05. The van der Waals surface area contributed by atoms with Crippen LogP contribution in [0.1, 0.15) is 36.8 Å². The van der Waals surface area contributed by atoms with Gasteiger partial charge in [-0.05, 0) is 63.4 Å². The summed E-state index contributed by atoms with van der Waals surface area (Å²) in [6.45, 7) is 8.83. The minimum atomic E-state index is 0.139. The molecule has 2 fully saturated rings. The molecule has 1 aromatic carbocycles. The van der Waals surface area contributed by atoms with Crippen molar-refractivity contribution in [2.24, 2.45) is 5.92 Å². The van der Waals surface area contributed by atoms with Crippen molar-refractivity contribution in [1.82, 2.24) is 15.1 Å². The molecule has 0 bridgehead atoms. The molecule has 1 atom stereocenters. The van der Waals surface area contributed by atoms with Crippen molar-refractivity contribution in [2.75, 3.05) is 46.4 Å². The Bertz CT molecular complexity index is 599. The second-order valence-corrected chi connectivity index (χ2v) is 8.05. The van der Waals surface area contributed by atoms with Crippen LogP contribution in [0.3, 0.4) is 0 Å². The van der Waals surface area contributed by atoms with Gasteiger partial charge >= 0.3 is 0 Å². The molecule has 1 aromatic rings. The van der Waals surface area contributed by atoms with E-state index in [1.165, 1.54) is 24.0 Å². The van der Waals surface area contributed by atoms with Crippen LogP contribution in [-0.2, 0) is 16.1 Å². The van der Waals surface area contributed by atoms with Crippen LogP contribution in [0.2, 0.25) is 0 Å². The third-order valence-electron chi connectivity index (χ3n) is 6.16. The van der Waals surface area contributed by atoms with Gasteiger partial charge in [-0.1, -0.05) is 24.3 Å². The highest BCUT2D eigenvalue weighted by molar-refractivity contribution is 5.78. The van der Waals surface area contributed by atoms with Gasteiger partial charge in [0.15, 0.2) is 0 Å². The Balaban J connectivity index is 1.45. The standard InChI is InChI=1S/C22H35N3O2/c1-18-6-3-4-7-19(18)16-24-13-9-21(10-14-24)25-12-5-8-20(17-25)22(26)23-11-15-27-2/h3-4,6-7,20-21H,5,8-17H2,1-2H3,(H,23,26). The fraction of sp³-hybridized carbons (Fsp3) is 0.682. The summed E-state index contributed by atoms with van der Waals surface area (Å²) in [6, 6.07) is 9.34. The molecule has 0 aromatic heterocycles. The average Bonchev–Trinajstić information content (AvgIpc) is 2.70. The van der Waals surface area contributed by atoms with Gasteiger partial charge in [0.05, 0.1) is 12.5 Å². The van der Waals surface area contributed by atoms with Crippen molar-refractivity contribution in [2.45, 2.75) is 45.2 Å².